The van der Waals surface area contributed by atoms with Crippen LogP contribution >= 0.6 is 11.3 Å². The summed E-state index contributed by atoms with van der Waals surface area (Å²) in [5, 5.41) is 2.03. The maximum Gasteiger partial charge on any atom is 0.416 e. The molecule has 3 nitrogen and oxygen atoms in total. The topological polar surface area (TPSA) is 33.2 Å². The van der Waals surface area contributed by atoms with Gasteiger partial charge in [0.15, 0.2) is 0 Å². The molecule has 1 saturated carbocycles. The Hall–Kier alpha value is -1.89. The van der Waals surface area contributed by atoms with Crippen LogP contribution in [0.4, 0.5) is 13.2 Å². The zero-order valence-electron chi connectivity index (χ0n) is 13.8. The minimum Gasteiger partial charge on any atom is -0.340 e. The summed E-state index contributed by atoms with van der Waals surface area (Å²) >= 11 is 1.18. The maximum atomic E-state index is 12.8. The highest BCUT2D eigenvalue weighted by atomic mass is 32.1. The van der Waals surface area contributed by atoms with E-state index in [0.29, 0.717) is 23.0 Å². The first-order chi connectivity index (χ1) is 11.8. The summed E-state index contributed by atoms with van der Waals surface area (Å²) in [7, 11) is 1.75. The summed E-state index contributed by atoms with van der Waals surface area (Å²) < 4.78 is 38.5. The number of nitrogens with zero attached hydrogens (tertiary/aromatic N) is 2. The lowest BCUT2D eigenvalue weighted by molar-refractivity contribution is -0.137. The van der Waals surface area contributed by atoms with Crippen LogP contribution < -0.4 is 0 Å². The minimum absolute atomic E-state index is 0.179. The summed E-state index contributed by atoms with van der Waals surface area (Å²) in [6.07, 6.45) is 0.313. The normalized spacial score (nSPS) is 15.5. The molecule has 0 atom stereocenters. The molecule has 1 aromatic heterocycles. The van der Waals surface area contributed by atoms with E-state index in [1.807, 2.05) is 0 Å². The van der Waals surface area contributed by atoms with Gasteiger partial charge in [-0.05, 0) is 30.9 Å². The lowest BCUT2D eigenvalue weighted by Crippen LogP contribution is -2.31. The van der Waals surface area contributed by atoms with Crippen molar-refractivity contribution in [1.29, 1.82) is 0 Å². The van der Waals surface area contributed by atoms with Crippen molar-refractivity contribution in [1.82, 2.24) is 9.88 Å². The van der Waals surface area contributed by atoms with Gasteiger partial charge in [-0.2, -0.15) is 13.2 Å². The molecule has 0 saturated heterocycles. The van der Waals surface area contributed by atoms with E-state index >= 15 is 0 Å². The Kier molecular flexibility index (Phi) is 5.13. The summed E-state index contributed by atoms with van der Waals surface area (Å²) in [6, 6.07) is 5.02. The first-order valence-corrected chi connectivity index (χ1v) is 9.11. The van der Waals surface area contributed by atoms with E-state index in [-0.39, 0.29) is 11.6 Å². The molecule has 1 aliphatic rings. The number of hydrogen-bond acceptors (Lipinski definition) is 3. The second kappa shape index (κ2) is 7.15. The van der Waals surface area contributed by atoms with E-state index in [2.05, 4.69) is 4.98 Å². The molecule has 0 radical (unpaired) electrons. The number of thiazole rings is 1. The first kappa shape index (κ1) is 17.9. The Morgan fingerprint density at radius 2 is 2.04 bits per heavy atom. The molecule has 0 bridgehead atoms. The zero-order valence-corrected chi connectivity index (χ0v) is 14.7. The highest BCUT2D eigenvalue weighted by Gasteiger charge is 2.30. The molecule has 0 aliphatic heterocycles. The largest absolute Gasteiger partial charge is 0.416 e. The van der Waals surface area contributed by atoms with E-state index in [1.54, 1.807) is 23.4 Å². The van der Waals surface area contributed by atoms with E-state index in [1.165, 1.54) is 30.2 Å². The number of amides is 1. The lowest BCUT2D eigenvalue weighted by Gasteiger charge is -2.20. The van der Waals surface area contributed by atoms with Crippen molar-refractivity contribution in [2.24, 2.45) is 5.92 Å². The van der Waals surface area contributed by atoms with Crippen LogP contribution in [0.5, 0.6) is 0 Å². The number of rotatable bonds is 4. The molecule has 0 N–H and O–H groups in total. The quantitative estimate of drug-likeness (QED) is 0.753. The van der Waals surface area contributed by atoms with Gasteiger partial charge in [0.2, 0.25) is 0 Å². The highest BCUT2D eigenvalue weighted by Crippen LogP contribution is 2.33. The van der Waals surface area contributed by atoms with Crippen LogP contribution in [0.15, 0.2) is 29.6 Å². The number of carbonyl (C=O) groups is 1. The van der Waals surface area contributed by atoms with E-state index in [4.69, 9.17) is 0 Å². The molecule has 7 heteroatoms. The van der Waals surface area contributed by atoms with Gasteiger partial charge in [0.25, 0.3) is 5.91 Å². The maximum absolute atomic E-state index is 12.8. The Morgan fingerprint density at radius 3 is 2.72 bits per heavy atom. The van der Waals surface area contributed by atoms with Crippen molar-refractivity contribution in [3.8, 4) is 10.6 Å². The van der Waals surface area contributed by atoms with Crippen molar-refractivity contribution in [3.05, 3.63) is 40.9 Å². The molecule has 3 rings (SSSR count). The average molecular weight is 368 g/mol. The van der Waals surface area contributed by atoms with E-state index in [0.717, 1.165) is 25.0 Å². The Balaban J connectivity index is 1.74. The Labute approximate surface area is 148 Å². The predicted molar refractivity (Wildman–Crippen MR) is 91.5 cm³/mol. The molecule has 1 aromatic carbocycles. The fourth-order valence-electron chi connectivity index (χ4n) is 3.19. The van der Waals surface area contributed by atoms with Gasteiger partial charge in [0.1, 0.15) is 10.7 Å². The molecule has 1 fully saturated rings. The van der Waals surface area contributed by atoms with Gasteiger partial charge in [-0.1, -0.05) is 25.0 Å². The molecule has 1 aliphatic carbocycles. The van der Waals surface area contributed by atoms with Crippen molar-refractivity contribution in [2.75, 3.05) is 13.6 Å². The zero-order chi connectivity index (χ0) is 18.0. The van der Waals surface area contributed by atoms with Gasteiger partial charge in [-0.25, -0.2) is 4.98 Å². The third-order valence-electron chi connectivity index (χ3n) is 4.51. The Morgan fingerprint density at radius 1 is 1.32 bits per heavy atom. The fraction of sp³-hybridized carbons (Fsp3) is 0.444. The second-order valence-corrected chi connectivity index (χ2v) is 7.31. The summed E-state index contributed by atoms with van der Waals surface area (Å²) in [5.41, 5.74) is -0.0540. The SMILES string of the molecule is CN(CC1CCCC1)C(=O)c1csc(-c2cccc(C(F)(F)F)c2)n1. The average Bonchev–Trinajstić information content (AvgIpc) is 3.25. The lowest BCUT2D eigenvalue weighted by atomic mass is 10.1. The fourth-order valence-corrected chi connectivity index (χ4v) is 3.98. The van der Waals surface area contributed by atoms with Crippen molar-refractivity contribution >= 4 is 17.2 Å². The summed E-state index contributed by atoms with van der Waals surface area (Å²) in [4.78, 5) is 18.4. The number of halogens is 3. The Bertz CT molecular complexity index is 751. The number of hydrogen-bond donors (Lipinski definition) is 0. The van der Waals surface area contributed by atoms with E-state index < -0.39 is 11.7 Å². The second-order valence-electron chi connectivity index (χ2n) is 6.45. The molecular weight excluding hydrogens is 349 g/mol. The van der Waals surface area contributed by atoms with Crippen molar-refractivity contribution in [2.45, 2.75) is 31.9 Å². The monoisotopic (exact) mass is 368 g/mol. The minimum atomic E-state index is -4.40. The molecule has 0 spiro atoms. The van der Waals surface area contributed by atoms with Crippen LogP contribution in [0.3, 0.4) is 0 Å². The molecular formula is C18H19F3N2OS. The molecule has 2 aromatic rings. The third-order valence-corrected chi connectivity index (χ3v) is 5.41. The van der Waals surface area contributed by atoms with Crippen LogP contribution in [-0.4, -0.2) is 29.4 Å². The molecule has 134 valence electrons. The van der Waals surface area contributed by atoms with E-state index in [9.17, 15) is 18.0 Å². The highest BCUT2D eigenvalue weighted by molar-refractivity contribution is 7.13. The molecule has 1 heterocycles. The van der Waals surface area contributed by atoms with Crippen LogP contribution in [0.2, 0.25) is 0 Å². The smallest absolute Gasteiger partial charge is 0.340 e. The summed E-state index contributed by atoms with van der Waals surface area (Å²) in [6.45, 7) is 0.704. The van der Waals surface area contributed by atoms with Gasteiger partial charge in [0.05, 0.1) is 5.56 Å². The van der Waals surface area contributed by atoms with Gasteiger partial charge in [-0.15, -0.1) is 11.3 Å². The van der Waals surface area contributed by atoms with Gasteiger partial charge in [0, 0.05) is 24.5 Å². The standard InChI is InChI=1S/C18H19F3N2OS/c1-23(10-12-5-2-3-6-12)17(24)15-11-25-16(22-15)13-7-4-8-14(9-13)18(19,20)21/h4,7-9,11-12H,2-3,5-6,10H2,1H3. The van der Waals surface area contributed by atoms with Crippen LogP contribution in [0.25, 0.3) is 10.6 Å². The van der Waals surface area contributed by atoms with Crippen molar-refractivity contribution < 1.29 is 18.0 Å². The third kappa shape index (κ3) is 4.21. The van der Waals surface area contributed by atoms with Gasteiger partial charge in [-0.3, -0.25) is 4.79 Å². The number of benzene rings is 1. The number of carbonyl (C=O) groups excluding carboxylic acids is 1. The summed E-state index contributed by atoms with van der Waals surface area (Å²) in [5.74, 6) is 0.358. The molecule has 0 unspecified atom stereocenters. The number of alkyl halides is 3. The van der Waals surface area contributed by atoms with Crippen LogP contribution in [0, 0.1) is 5.92 Å². The molecule has 25 heavy (non-hydrogen) atoms. The van der Waals surface area contributed by atoms with Gasteiger partial charge >= 0.3 is 6.18 Å². The van der Waals surface area contributed by atoms with Crippen molar-refractivity contribution in [3.63, 3.8) is 0 Å². The predicted octanol–water partition coefficient (Wildman–Crippen LogP) is 5.09. The first-order valence-electron chi connectivity index (χ1n) is 8.23. The molecule has 1 amide bonds. The number of aromatic nitrogens is 1. The van der Waals surface area contributed by atoms with Crippen LogP contribution in [-0.2, 0) is 6.18 Å². The van der Waals surface area contributed by atoms with Crippen LogP contribution in [0.1, 0.15) is 41.7 Å². The van der Waals surface area contributed by atoms with Gasteiger partial charge < -0.3 is 4.90 Å².